The largest absolute Gasteiger partial charge is 0.397 e. The van der Waals surface area contributed by atoms with Crippen LogP contribution in [0.1, 0.15) is 5.82 Å². The standard InChI is InChI=1S/C12H17N5O2S/c1-8-14-12(16(2)15-8)9-5-6-10(13)11(7-9)17(3)20(4,18)19/h5-7H,13H2,1-4H3. The van der Waals surface area contributed by atoms with Gasteiger partial charge >= 0.3 is 0 Å². The molecule has 1 aromatic carbocycles. The fourth-order valence-corrected chi connectivity index (χ4v) is 2.41. The number of nitrogens with two attached hydrogens (primary N) is 1. The maximum absolute atomic E-state index is 11.6. The summed E-state index contributed by atoms with van der Waals surface area (Å²) in [6.07, 6.45) is 1.13. The molecule has 7 nitrogen and oxygen atoms in total. The number of anilines is 2. The minimum atomic E-state index is -3.37. The van der Waals surface area contributed by atoms with Crippen LogP contribution in [0.4, 0.5) is 11.4 Å². The molecule has 2 N–H and O–H groups in total. The first-order valence-corrected chi connectivity index (χ1v) is 7.76. The monoisotopic (exact) mass is 295 g/mol. The highest BCUT2D eigenvalue weighted by Crippen LogP contribution is 2.29. The van der Waals surface area contributed by atoms with E-state index in [0.29, 0.717) is 23.0 Å². The Morgan fingerprint density at radius 2 is 2.00 bits per heavy atom. The topological polar surface area (TPSA) is 94.1 Å². The predicted molar refractivity (Wildman–Crippen MR) is 78.8 cm³/mol. The highest BCUT2D eigenvalue weighted by atomic mass is 32.2. The van der Waals surface area contributed by atoms with E-state index in [1.807, 2.05) is 0 Å². The average molecular weight is 295 g/mol. The number of aromatic nitrogens is 3. The molecule has 0 saturated heterocycles. The van der Waals surface area contributed by atoms with E-state index in [-0.39, 0.29) is 0 Å². The second-order valence-corrected chi connectivity index (χ2v) is 6.62. The molecule has 0 amide bonds. The van der Waals surface area contributed by atoms with Gasteiger partial charge in [-0.15, -0.1) is 0 Å². The number of benzene rings is 1. The molecule has 0 spiro atoms. The van der Waals surface area contributed by atoms with Gasteiger partial charge in [-0.25, -0.2) is 18.1 Å². The maximum atomic E-state index is 11.6. The number of hydrogen-bond donors (Lipinski definition) is 1. The smallest absolute Gasteiger partial charge is 0.232 e. The molecule has 0 radical (unpaired) electrons. The summed E-state index contributed by atoms with van der Waals surface area (Å²) < 4.78 is 26.1. The Balaban J connectivity index is 2.57. The summed E-state index contributed by atoms with van der Waals surface area (Å²) >= 11 is 0. The first kappa shape index (κ1) is 14.3. The fraction of sp³-hybridized carbons (Fsp3) is 0.333. The molecule has 1 heterocycles. The van der Waals surface area contributed by atoms with Crippen LogP contribution < -0.4 is 10.0 Å². The minimum Gasteiger partial charge on any atom is -0.397 e. The zero-order valence-corrected chi connectivity index (χ0v) is 12.6. The number of sulfonamides is 1. The molecule has 20 heavy (non-hydrogen) atoms. The van der Waals surface area contributed by atoms with E-state index in [1.54, 1.807) is 36.9 Å². The van der Waals surface area contributed by atoms with Crippen molar-refractivity contribution in [2.24, 2.45) is 7.05 Å². The maximum Gasteiger partial charge on any atom is 0.232 e. The number of aryl methyl sites for hydroxylation is 2. The van der Waals surface area contributed by atoms with Gasteiger partial charge < -0.3 is 5.73 Å². The van der Waals surface area contributed by atoms with Gasteiger partial charge in [0, 0.05) is 19.7 Å². The van der Waals surface area contributed by atoms with Gasteiger partial charge in [0.1, 0.15) is 5.82 Å². The van der Waals surface area contributed by atoms with Gasteiger partial charge in [-0.05, 0) is 25.1 Å². The Kier molecular flexibility index (Phi) is 3.43. The molecule has 0 unspecified atom stereocenters. The molecular weight excluding hydrogens is 278 g/mol. The third-order valence-electron chi connectivity index (χ3n) is 2.99. The quantitative estimate of drug-likeness (QED) is 0.844. The summed E-state index contributed by atoms with van der Waals surface area (Å²) in [5.41, 5.74) is 7.43. The van der Waals surface area contributed by atoms with Gasteiger partial charge in [0.25, 0.3) is 0 Å². The summed E-state index contributed by atoms with van der Waals surface area (Å²) in [7, 11) is -0.123. The lowest BCUT2D eigenvalue weighted by atomic mass is 10.1. The van der Waals surface area contributed by atoms with E-state index in [9.17, 15) is 8.42 Å². The molecule has 0 fully saturated rings. The van der Waals surface area contributed by atoms with Gasteiger partial charge in [-0.2, -0.15) is 5.10 Å². The van der Waals surface area contributed by atoms with Crippen molar-refractivity contribution in [1.29, 1.82) is 0 Å². The van der Waals surface area contributed by atoms with E-state index in [2.05, 4.69) is 10.1 Å². The third kappa shape index (κ3) is 2.60. The Hall–Kier alpha value is -2.09. The van der Waals surface area contributed by atoms with E-state index < -0.39 is 10.0 Å². The second-order valence-electron chi connectivity index (χ2n) is 4.61. The summed E-state index contributed by atoms with van der Waals surface area (Å²) in [6, 6.07) is 5.15. The van der Waals surface area contributed by atoms with Crippen LogP contribution in [0.3, 0.4) is 0 Å². The zero-order chi connectivity index (χ0) is 15.1. The van der Waals surface area contributed by atoms with Crippen LogP contribution >= 0.6 is 0 Å². The predicted octanol–water partition coefficient (Wildman–Crippen LogP) is 0.769. The lowest BCUT2D eigenvalue weighted by Crippen LogP contribution is -2.25. The molecule has 0 aliphatic carbocycles. The molecule has 0 aliphatic heterocycles. The molecule has 0 aliphatic rings. The van der Waals surface area contributed by atoms with Crippen LogP contribution in [0.25, 0.3) is 11.4 Å². The molecule has 8 heteroatoms. The van der Waals surface area contributed by atoms with Crippen molar-refractivity contribution in [3.8, 4) is 11.4 Å². The molecule has 108 valence electrons. The average Bonchev–Trinajstić information content (AvgIpc) is 2.67. The van der Waals surface area contributed by atoms with Crippen LogP contribution in [-0.4, -0.2) is 36.5 Å². The van der Waals surface area contributed by atoms with Crippen LogP contribution in [-0.2, 0) is 17.1 Å². The van der Waals surface area contributed by atoms with Crippen molar-refractivity contribution < 1.29 is 8.42 Å². The Labute approximate surface area is 118 Å². The lowest BCUT2D eigenvalue weighted by Gasteiger charge is -2.19. The fourth-order valence-electron chi connectivity index (χ4n) is 1.90. The van der Waals surface area contributed by atoms with E-state index in [4.69, 9.17) is 5.73 Å². The van der Waals surface area contributed by atoms with Crippen molar-refractivity contribution in [2.45, 2.75) is 6.92 Å². The number of nitrogen functional groups attached to an aromatic ring is 1. The van der Waals surface area contributed by atoms with Crippen LogP contribution in [0.5, 0.6) is 0 Å². The van der Waals surface area contributed by atoms with E-state index in [0.717, 1.165) is 16.1 Å². The van der Waals surface area contributed by atoms with E-state index >= 15 is 0 Å². The molecule has 0 bridgehead atoms. The molecule has 1 aromatic heterocycles. The zero-order valence-electron chi connectivity index (χ0n) is 11.8. The summed E-state index contributed by atoms with van der Waals surface area (Å²) in [4.78, 5) is 4.32. The van der Waals surface area contributed by atoms with Gasteiger partial charge in [0.05, 0.1) is 17.6 Å². The summed E-state index contributed by atoms with van der Waals surface area (Å²) in [5.74, 6) is 1.31. The number of rotatable bonds is 3. The minimum absolute atomic E-state index is 0.389. The second kappa shape index (κ2) is 4.78. The SMILES string of the molecule is Cc1nc(-c2ccc(N)c(N(C)S(C)(=O)=O)c2)n(C)n1. The molecular formula is C12H17N5O2S. The van der Waals surface area contributed by atoms with Crippen molar-refractivity contribution in [3.63, 3.8) is 0 Å². The molecule has 2 aromatic rings. The van der Waals surface area contributed by atoms with E-state index in [1.165, 1.54) is 7.05 Å². The first-order chi connectivity index (χ1) is 9.20. The van der Waals surface area contributed by atoms with Crippen molar-refractivity contribution >= 4 is 21.4 Å². The summed E-state index contributed by atoms with van der Waals surface area (Å²) in [6.45, 7) is 1.80. The van der Waals surface area contributed by atoms with Gasteiger partial charge in [-0.1, -0.05) is 0 Å². The van der Waals surface area contributed by atoms with Gasteiger partial charge in [-0.3, -0.25) is 4.31 Å². The van der Waals surface area contributed by atoms with Crippen LogP contribution in [0.2, 0.25) is 0 Å². The van der Waals surface area contributed by atoms with Gasteiger partial charge in [0.2, 0.25) is 10.0 Å². The summed E-state index contributed by atoms with van der Waals surface area (Å²) in [5, 5.41) is 4.18. The van der Waals surface area contributed by atoms with Crippen molar-refractivity contribution in [2.75, 3.05) is 23.3 Å². The van der Waals surface area contributed by atoms with Crippen molar-refractivity contribution in [3.05, 3.63) is 24.0 Å². The Morgan fingerprint density at radius 1 is 1.35 bits per heavy atom. The number of nitrogens with zero attached hydrogens (tertiary/aromatic N) is 4. The lowest BCUT2D eigenvalue weighted by molar-refractivity contribution is 0.600. The molecule has 0 saturated carbocycles. The number of hydrogen-bond acceptors (Lipinski definition) is 5. The Bertz CT molecular complexity index is 751. The van der Waals surface area contributed by atoms with Gasteiger partial charge in [0.15, 0.2) is 5.82 Å². The normalized spacial score (nSPS) is 11.6. The van der Waals surface area contributed by atoms with Crippen LogP contribution in [0, 0.1) is 6.92 Å². The highest BCUT2D eigenvalue weighted by Gasteiger charge is 2.17. The third-order valence-corrected chi connectivity index (χ3v) is 4.19. The van der Waals surface area contributed by atoms with Crippen LogP contribution in [0.15, 0.2) is 18.2 Å². The first-order valence-electron chi connectivity index (χ1n) is 5.91. The Morgan fingerprint density at radius 3 is 2.50 bits per heavy atom. The highest BCUT2D eigenvalue weighted by molar-refractivity contribution is 7.92. The molecule has 0 atom stereocenters. The molecule has 2 rings (SSSR count). The van der Waals surface area contributed by atoms with Crippen molar-refractivity contribution in [1.82, 2.24) is 14.8 Å².